The molecule has 21 heavy (non-hydrogen) atoms. The third kappa shape index (κ3) is 6.19. The zero-order chi connectivity index (χ0) is 15.7. The van der Waals surface area contributed by atoms with Gasteiger partial charge in [0, 0.05) is 6.42 Å². The first kappa shape index (κ1) is 17.5. The van der Waals surface area contributed by atoms with Gasteiger partial charge in [0.05, 0.1) is 20.3 Å². The Kier molecular flexibility index (Phi) is 7.87. The Morgan fingerprint density at radius 3 is 2.43 bits per heavy atom. The number of allylic oxidation sites excluding steroid dienone is 1. The minimum atomic E-state index is -0.397. The van der Waals surface area contributed by atoms with Gasteiger partial charge in [0.2, 0.25) is 0 Å². The van der Waals surface area contributed by atoms with Crippen molar-refractivity contribution >= 4 is 12.1 Å². The summed E-state index contributed by atoms with van der Waals surface area (Å²) in [5, 5.41) is 2.94. The molecule has 0 aromatic heterocycles. The van der Waals surface area contributed by atoms with E-state index in [9.17, 15) is 9.59 Å². The van der Waals surface area contributed by atoms with Crippen LogP contribution in [0.15, 0.2) is 11.6 Å². The van der Waals surface area contributed by atoms with Crippen molar-refractivity contribution in [2.24, 2.45) is 5.92 Å². The Hall–Kier alpha value is -1.52. The summed E-state index contributed by atoms with van der Waals surface area (Å²) in [7, 11) is 2.77. The van der Waals surface area contributed by atoms with E-state index in [4.69, 9.17) is 4.74 Å². The Morgan fingerprint density at radius 2 is 1.86 bits per heavy atom. The third-order valence-corrected chi connectivity index (χ3v) is 4.11. The number of alkyl carbamates (subject to hydrolysis) is 1. The molecule has 5 heteroatoms. The quantitative estimate of drug-likeness (QED) is 0.604. The molecule has 0 spiro atoms. The van der Waals surface area contributed by atoms with Crippen LogP contribution < -0.4 is 5.32 Å². The lowest BCUT2D eigenvalue weighted by Gasteiger charge is -2.31. The lowest BCUT2D eigenvalue weighted by atomic mass is 9.81. The Bertz CT molecular complexity index is 372. The van der Waals surface area contributed by atoms with Crippen LogP contribution in [0.5, 0.6) is 0 Å². The summed E-state index contributed by atoms with van der Waals surface area (Å²) in [6, 6.07) is -0.00426. The van der Waals surface area contributed by atoms with Crippen LogP contribution in [0.3, 0.4) is 0 Å². The molecule has 0 saturated heterocycles. The molecule has 0 heterocycles. The number of carbonyl (C=O) groups is 2. The fraction of sp³-hybridized carbons (Fsp3) is 0.750. The monoisotopic (exact) mass is 297 g/mol. The standard InChI is InChI=1S/C16H27NO4/c1-12(8-7-11-14(18)20-2)15(17-16(19)21-3)13-9-5-4-6-10-13/h8,13,15H,4-7,9-11H2,1-3H3,(H,17,19)/b12-8+. The maximum atomic E-state index is 11.6. The zero-order valence-corrected chi connectivity index (χ0v) is 13.3. The molecule has 1 unspecified atom stereocenters. The maximum absolute atomic E-state index is 11.6. The smallest absolute Gasteiger partial charge is 0.407 e. The van der Waals surface area contributed by atoms with Crippen molar-refractivity contribution in [1.82, 2.24) is 5.32 Å². The molecule has 1 fully saturated rings. The van der Waals surface area contributed by atoms with Crippen LogP contribution >= 0.6 is 0 Å². The molecule has 0 radical (unpaired) electrons. The number of hydrogen-bond acceptors (Lipinski definition) is 4. The number of rotatable bonds is 6. The average molecular weight is 297 g/mol. The van der Waals surface area contributed by atoms with E-state index in [-0.39, 0.29) is 12.0 Å². The second-order valence-corrected chi connectivity index (χ2v) is 5.57. The number of amides is 1. The Morgan fingerprint density at radius 1 is 1.19 bits per heavy atom. The number of ether oxygens (including phenoxy) is 2. The van der Waals surface area contributed by atoms with Crippen LogP contribution in [-0.4, -0.2) is 32.3 Å². The van der Waals surface area contributed by atoms with Crippen molar-refractivity contribution in [1.29, 1.82) is 0 Å². The van der Waals surface area contributed by atoms with Gasteiger partial charge < -0.3 is 14.8 Å². The molecule has 1 amide bonds. The highest BCUT2D eigenvalue weighted by atomic mass is 16.5. The molecule has 1 atom stereocenters. The van der Waals surface area contributed by atoms with Crippen molar-refractivity contribution in [3.8, 4) is 0 Å². The molecule has 0 aromatic rings. The van der Waals surface area contributed by atoms with E-state index in [1.807, 2.05) is 13.0 Å². The van der Waals surface area contributed by atoms with Crippen molar-refractivity contribution in [2.75, 3.05) is 14.2 Å². The molecule has 0 aromatic carbocycles. The van der Waals surface area contributed by atoms with Crippen LogP contribution in [0, 0.1) is 5.92 Å². The van der Waals surface area contributed by atoms with Crippen LogP contribution in [0.2, 0.25) is 0 Å². The SMILES string of the molecule is COC(=O)CC/C=C(\C)C(NC(=O)OC)C1CCCCC1. The molecular weight excluding hydrogens is 270 g/mol. The number of methoxy groups -OCH3 is 2. The number of carbonyl (C=O) groups excluding carboxylic acids is 2. The normalized spacial score (nSPS) is 18.0. The zero-order valence-electron chi connectivity index (χ0n) is 13.3. The van der Waals surface area contributed by atoms with Crippen molar-refractivity contribution in [2.45, 2.75) is 57.9 Å². The molecule has 1 aliphatic rings. The molecule has 1 saturated carbocycles. The average Bonchev–Trinajstić information content (AvgIpc) is 2.52. The summed E-state index contributed by atoms with van der Waals surface area (Å²) in [5.74, 6) is 0.237. The van der Waals surface area contributed by atoms with Gasteiger partial charge in [0.25, 0.3) is 0 Å². The van der Waals surface area contributed by atoms with E-state index in [0.29, 0.717) is 18.8 Å². The Labute approximate surface area is 127 Å². The van der Waals surface area contributed by atoms with Crippen molar-refractivity contribution in [3.05, 3.63) is 11.6 Å². The van der Waals surface area contributed by atoms with E-state index in [1.54, 1.807) is 0 Å². The van der Waals surface area contributed by atoms with E-state index >= 15 is 0 Å². The first-order valence-electron chi connectivity index (χ1n) is 7.66. The van der Waals surface area contributed by atoms with E-state index < -0.39 is 6.09 Å². The predicted octanol–water partition coefficient (Wildman–Crippen LogP) is 3.19. The fourth-order valence-electron chi connectivity index (χ4n) is 2.90. The molecule has 120 valence electrons. The van der Waals surface area contributed by atoms with Gasteiger partial charge in [-0.25, -0.2) is 4.79 Å². The summed E-state index contributed by atoms with van der Waals surface area (Å²) in [6.07, 6.45) is 8.55. The van der Waals surface area contributed by atoms with Crippen molar-refractivity contribution < 1.29 is 19.1 Å². The van der Waals surface area contributed by atoms with E-state index in [2.05, 4.69) is 10.1 Å². The van der Waals surface area contributed by atoms with Crippen LogP contribution in [-0.2, 0) is 14.3 Å². The largest absolute Gasteiger partial charge is 0.469 e. The first-order valence-corrected chi connectivity index (χ1v) is 7.66. The highest BCUT2D eigenvalue weighted by Gasteiger charge is 2.26. The van der Waals surface area contributed by atoms with Gasteiger partial charge in [-0.3, -0.25) is 4.79 Å². The molecule has 5 nitrogen and oxygen atoms in total. The molecule has 0 bridgehead atoms. The van der Waals surface area contributed by atoms with E-state index in [1.165, 1.54) is 33.5 Å². The lowest BCUT2D eigenvalue weighted by Crippen LogP contribution is -2.41. The fourth-order valence-corrected chi connectivity index (χ4v) is 2.90. The Balaban J connectivity index is 2.66. The highest BCUT2D eigenvalue weighted by Crippen LogP contribution is 2.29. The maximum Gasteiger partial charge on any atom is 0.407 e. The minimum absolute atomic E-state index is 0.00426. The number of nitrogens with one attached hydrogen (secondary N) is 1. The van der Waals surface area contributed by atoms with Crippen LogP contribution in [0.1, 0.15) is 51.9 Å². The van der Waals surface area contributed by atoms with Gasteiger partial charge in [0.1, 0.15) is 0 Å². The number of esters is 1. The van der Waals surface area contributed by atoms with Gasteiger partial charge in [-0.15, -0.1) is 0 Å². The van der Waals surface area contributed by atoms with Crippen LogP contribution in [0.25, 0.3) is 0 Å². The minimum Gasteiger partial charge on any atom is -0.469 e. The van der Waals surface area contributed by atoms with Gasteiger partial charge in [0.15, 0.2) is 0 Å². The lowest BCUT2D eigenvalue weighted by molar-refractivity contribution is -0.140. The molecular formula is C16H27NO4. The van der Waals surface area contributed by atoms with Gasteiger partial charge >= 0.3 is 12.1 Å². The summed E-state index contributed by atoms with van der Waals surface area (Å²) in [4.78, 5) is 22.7. The summed E-state index contributed by atoms with van der Waals surface area (Å²) in [6.45, 7) is 2.01. The predicted molar refractivity (Wildman–Crippen MR) is 80.9 cm³/mol. The third-order valence-electron chi connectivity index (χ3n) is 4.11. The summed E-state index contributed by atoms with van der Waals surface area (Å²) < 4.78 is 9.36. The van der Waals surface area contributed by atoms with Crippen LogP contribution in [0.4, 0.5) is 4.79 Å². The highest BCUT2D eigenvalue weighted by molar-refractivity contribution is 5.69. The van der Waals surface area contributed by atoms with Gasteiger partial charge in [-0.1, -0.05) is 30.9 Å². The second kappa shape index (κ2) is 9.42. The summed E-state index contributed by atoms with van der Waals surface area (Å²) in [5.41, 5.74) is 1.09. The molecule has 0 aliphatic heterocycles. The van der Waals surface area contributed by atoms with E-state index in [0.717, 1.165) is 18.4 Å². The second-order valence-electron chi connectivity index (χ2n) is 5.57. The molecule has 1 N–H and O–H groups in total. The first-order chi connectivity index (χ1) is 10.1. The summed E-state index contributed by atoms with van der Waals surface area (Å²) >= 11 is 0. The van der Waals surface area contributed by atoms with Gasteiger partial charge in [-0.2, -0.15) is 0 Å². The van der Waals surface area contributed by atoms with Gasteiger partial charge in [-0.05, 0) is 32.1 Å². The molecule has 1 rings (SSSR count). The molecule has 1 aliphatic carbocycles. The topological polar surface area (TPSA) is 64.6 Å². The van der Waals surface area contributed by atoms with Crippen molar-refractivity contribution in [3.63, 3.8) is 0 Å². The number of hydrogen-bond donors (Lipinski definition) is 1.